The number of para-hydroxylation sites is 1. The van der Waals surface area contributed by atoms with E-state index >= 15 is 0 Å². The Bertz CT molecular complexity index is 925. The third kappa shape index (κ3) is 3.43. The lowest BCUT2D eigenvalue weighted by Gasteiger charge is -2.14. The van der Waals surface area contributed by atoms with Gasteiger partial charge in [0.15, 0.2) is 3.95 Å². The second kappa shape index (κ2) is 7.33. The predicted molar refractivity (Wildman–Crippen MR) is 103 cm³/mol. The van der Waals surface area contributed by atoms with Gasteiger partial charge in [0.05, 0.1) is 10.6 Å². The first-order valence-corrected chi connectivity index (χ1v) is 9.27. The number of carbonyl (C=O) groups is 1. The van der Waals surface area contributed by atoms with Crippen LogP contribution in [0.5, 0.6) is 5.88 Å². The fourth-order valence-electron chi connectivity index (χ4n) is 2.82. The molecule has 25 heavy (non-hydrogen) atoms. The molecule has 0 fully saturated rings. The smallest absolute Gasteiger partial charge is 0.326 e. The first-order chi connectivity index (χ1) is 12.0. The van der Waals surface area contributed by atoms with Crippen LogP contribution in [-0.4, -0.2) is 27.0 Å². The SMILES string of the molecule is CCCCC(C(=O)O)n1c(O)c(C=C2C=Nc3ccccc32)sc1=S. The normalized spacial score (nSPS) is 15.5. The van der Waals surface area contributed by atoms with Crippen LogP contribution >= 0.6 is 23.6 Å². The first-order valence-electron chi connectivity index (χ1n) is 8.05. The van der Waals surface area contributed by atoms with Gasteiger partial charge in [-0.2, -0.15) is 0 Å². The van der Waals surface area contributed by atoms with Crippen LogP contribution < -0.4 is 0 Å². The molecule has 1 atom stereocenters. The highest BCUT2D eigenvalue weighted by atomic mass is 32.1. The topological polar surface area (TPSA) is 74.8 Å². The quantitative estimate of drug-likeness (QED) is 0.693. The van der Waals surface area contributed by atoms with Crippen molar-refractivity contribution in [2.45, 2.75) is 32.2 Å². The number of aliphatic carboxylic acids is 1. The van der Waals surface area contributed by atoms with Gasteiger partial charge in [-0.25, -0.2) is 4.79 Å². The summed E-state index contributed by atoms with van der Waals surface area (Å²) in [6.07, 6.45) is 5.62. The Morgan fingerprint density at radius 2 is 2.20 bits per heavy atom. The molecule has 130 valence electrons. The van der Waals surface area contributed by atoms with Gasteiger partial charge in [-0.3, -0.25) is 9.56 Å². The van der Waals surface area contributed by atoms with Gasteiger partial charge >= 0.3 is 5.97 Å². The maximum absolute atomic E-state index is 11.6. The molecular formula is C18H18N2O3S2. The fourth-order valence-corrected chi connectivity index (χ4v) is 4.18. The van der Waals surface area contributed by atoms with Gasteiger partial charge in [-0.15, -0.1) is 11.3 Å². The van der Waals surface area contributed by atoms with Gasteiger partial charge in [-0.05, 0) is 30.8 Å². The Morgan fingerprint density at radius 1 is 1.44 bits per heavy atom. The van der Waals surface area contributed by atoms with E-state index in [2.05, 4.69) is 4.99 Å². The number of aromatic hydroxyl groups is 1. The van der Waals surface area contributed by atoms with Gasteiger partial charge in [-0.1, -0.05) is 38.0 Å². The third-order valence-electron chi connectivity index (χ3n) is 4.11. The monoisotopic (exact) mass is 374 g/mol. The molecule has 1 aliphatic heterocycles. The largest absolute Gasteiger partial charge is 0.493 e. The molecule has 1 aromatic heterocycles. The van der Waals surface area contributed by atoms with Gasteiger partial charge in [0.1, 0.15) is 6.04 Å². The second-order valence-electron chi connectivity index (χ2n) is 5.80. The molecular weight excluding hydrogens is 356 g/mol. The maximum Gasteiger partial charge on any atom is 0.326 e. The first kappa shape index (κ1) is 17.6. The van der Waals surface area contributed by atoms with Crippen molar-refractivity contribution in [3.63, 3.8) is 0 Å². The summed E-state index contributed by atoms with van der Waals surface area (Å²) in [7, 11) is 0. The molecule has 2 aromatic rings. The highest BCUT2D eigenvalue weighted by Gasteiger charge is 2.25. The van der Waals surface area contributed by atoms with Crippen molar-refractivity contribution in [2.24, 2.45) is 4.99 Å². The number of aromatic nitrogens is 1. The number of thiazole rings is 1. The Labute approximate surface area is 154 Å². The molecule has 1 unspecified atom stereocenters. The van der Waals surface area contributed by atoms with Crippen LogP contribution in [0, 0.1) is 3.95 Å². The Hall–Kier alpha value is -2.25. The van der Waals surface area contributed by atoms with Crippen molar-refractivity contribution >= 4 is 53.1 Å². The van der Waals surface area contributed by atoms with E-state index in [4.69, 9.17) is 12.2 Å². The van der Waals surface area contributed by atoms with Crippen LogP contribution in [0.15, 0.2) is 29.3 Å². The molecule has 1 aliphatic rings. The number of carboxylic acids is 1. The molecule has 2 heterocycles. The minimum atomic E-state index is -0.982. The molecule has 0 aliphatic carbocycles. The van der Waals surface area contributed by atoms with Gasteiger partial charge in [0.25, 0.3) is 0 Å². The van der Waals surface area contributed by atoms with Crippen LogP contribution in [0.2, 0.25) is 0 Å². The van der Waals surface area contributed by atoms with E-state index in [1.165, 1.54) is 15.9 Å². The second-order valence-corrected chi connectivity index (χ2v) is 7.47. The van der Waals surface area contributed by atoms with E-state index in [9.17, 15) is 15.0 Å². The average molecular weight is 374 g/mol. The number of hydrogen-bond donors (Lipinski definition) is 2. The zero-order chi connectivity index (χ0) is 18.0. The van der Waals surface area contributed by atoms with Crippen LogP contribution in [-0.2, 0) is 4.79 Å². The van der Waals surface area contributed by atoms with Gasteiger partial charge < -0.3 is 10.2 Å². The van der Waals surface area contributed by atoms with Crippen LogP contribution in [0.25, 0.3) is 11.6 Å². The summed E-state index contributed by atoms with van der Waals surface area (Å²) in [5.74, 6) is -1.08. The van der Waals surface area contributed by atoms with E-state index in [0.717, 1.165) is 29.7 Å². The number of nitrogens with zero attached hydrogens (tertiary/aromatic N) is 2. The molecule has 0 radical (unpaired) electrons. The van der Waals surface area contributed by atoms with Gasteiger partial charge in [0.2, 0.25) is 5.88 Å². The lowest BCUT2D eigenvalue weighted by Crippen LogP contribution is -2.18. The van der Waals surface area contributed by atoms with Crippen molar-refractivity contribution in [2.75, 3.05) is 0 Å². The summed E-state index contributed by atoms with van der Waals surface area (Å²) >= 11 is 6.53. The average Bonchev–Trinajstić information content (AvgIpc) is 3.11. The summed E-state index contributed by atoms with van der Waals surface area (Å²) in [4.78, 5) is 16.5. The van der Waals surface area contributed by atoms with Crippen LogP contribution in [0.1, 0.15) is 42.7 Å². The highest BCUT2D eigenvalue weighted by Crippen LogP contribution is 2.37. The van der Waals surface area contributed by atoms with Crippen molar-refractivity contribution in [1.29, 1.82) is 0 Å². The van der Waals surface area contributed by atoms with Crippen molar-refractivity contribution < 1.29 is 15.0 Å². The van der Waals surface area contributed by atoms with Crippen molar-refractivity contribution in [3.05, 3.63) is 38.7 Å². The Morgan fingerprint density at radius 3 is 2.92 bits per heavy atom. The van der Waals surface area contributed by atoms with E-state index in [1.54, 1.807) is 12.3 Å². The lowest BCUT2D eigenvalue weighted by atomic mass is 10.1. The minimum Gasteiger partial charge on any atom is -0.493 e. The number of allylic oxidation sites excluding steroid dienone is 1. The number of hydrogen-bond acceptors (Lipinski definition) is 5. The standard InChI is InChI=1S/C18H18N2O3S2/c1-2-3-8-14(17(22)23)20-16(21)15(25-18(20)24)9-11-10-19-13-7-5-4-6-12(11)13/h4-7,9-10,14,21H,2-3,8H2,1H3,(H,22,23). The molecule has 2 N–H and O–H groups in total. The van der Waals surface area contributed by atoms with Crippen LogP contribution in [0.3, 0.4) is 0 Å². The Balaban J connectivity index is 2.01. The molecule has 0 spiro atoms. The number of carboxylic acid groups (broad SMARTS) is 1. The number of aliphatic imine (C=N–C) groups is 1. The fraction of sp³-hybridized carbons (Fsp3) is 0.278. The third-order valence-corrected chi connectivity index (χ3v) is 5.45. The number of rotatable bonds is 6. The lowest BCUT2D eigenvalue weighted by molar-refractivity contribution is -0.141. The summed E-state index contributed by atoms with van der Waals surface area (Å²) in [5, 5.41) is 20.1. The van der Waals surface area contributed by atoms with E-state index < -0.39 is 12.0 Å². The van der Waals surface area contributed by atoms with E-state index in [1.807, 2.05) is 31.2 Å². The summed E-state index contributed by atoms with van der Waals surface area (Å²) in [6, 6.07) is 6.88. The summed E-state index contributed by atoms with van der Waals surface area (Å²) in [5.41, 5.74) is 2.73. The zero-order valence-electron chi connectivity index (χ0n) is 13.7. The molecule has 0 bridgehead atoms. The molecule has 1 aromatic carbocycles. The van der Waals surface area contributed by atoms with E-state index in [-0.39, 0.29) is 5.88 Å². The minimum absolute atomic E-state index is 0.0937. The van der Waals surface area contributed by atoms with Crippen LogP contribution in [0.4, 0.5) is 5.69 Å². The number of benzene rings is 1. The van der Waals surface area contributed by atoms with Crippen molar-refractivity contribution in [1.82, 2.24) is 4.57 Å². The van der Waals surface area contributed by atoms with E-state index in [0.29, 0.717) is 15.3 Å². The predicted octanol–water partition coefficient (Wildman–Crippen LogP) is 5.06. The molecule has 3 rings (SSSR count). The molecule has 7 heteroatoms. The highest BCUT2D eigenvalue weighted by molar-refractivity contribution is 7.73. The Kier molecular flexibility index (Phi) is 5.15. The summed E-state index contributed by atoms with van der Waals surface area (Å²) in [6.45, 7) is 2.00. The number of fused-ring (bicyclic) bond motifs is 1. The van der Waals surface area contributed by atoms with Crippen molar-refractivity contribution in [3.8, 4) is 5.88 Å². The number of unbranched alkanes of at least 4 members (excludes halogenated alkanes) is 1. The van der Waals surface area contributed by atoms with Gasteiger partial charge in [0, 0.05) is 17.4 Å². The molecule has 5 nitrogen and oxygen atoms in total. The molecule has 0 amide bonds. The molecule has 0 saturated heterocycles. The summed E-state index contributed by atoms with van der Waals surface area (Å²) < 4.78 is 1.71. The molecule has 0 saturated carbocycles. The maximum atomic E-state index is 11.6. The zero-order valence-corrected chi connectivity index (χ0v) is 15.3.